The van der Waals surface area contributed by atoms with Crippen LogP contribution in [-0.4, -0.2) is 30.8 Å². The molecule has 2 aliphatic rings. The number of rotatable bonds is 1. The van der Waals surface area contributed by atoms with E-state index in [2.05, 4.69) is 10.6 Å². The Kier molecular flexibility index (Phi) is 5.29. The third kappa shape index (κ3) is 4.02. The van der Waals surface area contributed by atoms with Crippen molar-refractivity contribution < 1.29 is 9.53 Å². The topological polar surface area (TPSA) is 50.4 Å². The second kappa shape index (κ2) is 6.11. The highest BCUT2D eigenvalue weighted by Crippen LogP contribution is 2.32. The van der Waals surface area contributed by atoms with E-state index < -0.39 is 5.60 Å². The molecule has 3 atom stereocenters. The number of carbonyl (C=O) groups excluding carboxylic acids is 1. The number of hydrogen-bond donors (Lipinski definition) is 2. The van der Waals surface area contributed by atoms with Gasteiger partial charge < -0.3 is 15.4 Å². The highest BCUT2D eigenvalue weighted by molar-refractivity contribution is 5.85. The highest BCUT2D eigenvalue weighted by Gasteiger charge is 2.37. The average molecular weight is 277 g/mol. The number of hydrogen-bond acceptors (Lipinski definition) is 3. The van der Waals surface area contributed by atoms with Crippen LogP contribution in [0, 0.1) is 11.8 Å². The van der Waals surface area contributed by atoms with Gasteiger partial charge in [-0.25, -0.2) is 4.79 Å². The van der Waals surface area contributed by atoms with E-state index in [0.29, 0.717) is 12.0 Å². The molecule has 0 aromatic rings. The van der Waals surface area contributed by atoms with Crippen LogP contribution in [0.4, 0.5) is 4.79 Å². The number of nitrogens with one attached hydrogen (secondary N) is 2. The van der Waals surface area contributed by atoms with E-state index in [1.54, 1.807) is 0 Å². The number of fused-ring (bicyclic) bond motifs is 1. The van der Waals surface area contributed by atoms with Gasteiger partial charge in [-0.1, -0.05) is 6.42 Å². The van der Waals surface area contributed by atoms with E-state index in [9.17, 15) is 4.79 Å². The van der Waals surface area contributed by atoms with Crippen LogP contribution in [0.15, 0.2) is 0 Å². The molecular formula is C13H25ClN2O2. The van der Waals surface area contributed by atoms with Crippen LogP contribution in [0.25, 0.3) is 0 Å². The Morgan fingerprint density at radius 1 is 1.28 bits per heavy atom. The van der Waals surface area contributed by atoms with Gasteiger partial charge >= 0.3 is 6.09 Å². The van der Waals surface area contributed by atoms with Gasteiger partial charge in [0.1, 0.15) is 5.60 Å². The van der Waals surface area contributed by atoms with Gasteiger partial charge in [0.05, 0.1) is 0 Å². The second-order valence-electron chi connectivity index (χ2n) is 6.27. The van der Waals surface area contributed by atoms with Crippen molar-refractivity contribution in [1.29, 1.82) is 0 Å². The lowest BCUT2D eigenvalue weighted by Crippen LogP contribution is -2.47. The molecule has 0 radical (unpaired) electrons. The fourth-order valence-corrected chi connectivity index (χ4v) is 2.99. The predicted octanol–water partition coefficient (Wildman–Crippen LogP) is 2.32. The summed E-state index contributed by atoms with van der Waals surface area (Å²) in [5.41, 5.74) is -0.411. The van der Waals surface area contributed by atoms with E-state index in [0.717, 1.165) is 25.4 Å². The van der Waals surface area contributed by atoms with E-state index in [-0.39, 0.29) is 18.5 Å². The first kappa shape index (κ1) is 15.6. The van der Waals surface area contributed by atoms with Gasteiger partial charge in [0.2, 0.25) is 0 Å². The summed E-state index contributed by atoms with van der Waals surface area (Å²) in [6.07, 6.45) is 3.32. The van der Waals surface area contributed by atoms with Crippen molar-refractivity contribution in [1.82, 2.24) is 10.6 Å². The molecule has 0 bridgehead atoms. The molecule has 5 heteroatoms. The third-order valence-corrected chi connectivity index (χ3v) is 3.70. The van der Waals surface area contributed by atoms with E-state index in [1.165, 1.54) is 12.8 Å². The number of carbonyl (C=O) groups is 1. The van der Waals surface area contributed by atoms with Gasteiger partial charge in [-0.15, -0.1) is 12.4 Å². The molecule has 2 rings (SSSR count). The number of amides is 1. The third-order valence-electron chi connectivity index (χ3n) is 3.70. The Morgan fingerprint density at radius 2 is 2.00 bits per heavy atom. The van der Waals surface area contributed by atoms with Crippen molar-refractivity contribution in [2.75, 3.05) is 13.1 Å². The molecule has 2 fully saturated rings. The van der Waals surface area contributed by atoms with Crippen LogP contribution >= 0.6 is 12.4 Å². The summed E-state index contributed by atoms with van der Waals surface area (Å²) in [5.74, 6) is 1.33. The Morgan fingerprint density at radius 3 is 2.67 bits per heavy atom. The van der Waals surface area contributed by atoms with Gasteiger partial charge in [-0.05, 0) is 52.0 Å². The quantitative estimate of drug-likeness (QED) is 0.773. The van der Waals surface area contributed by atoms with Crippen LogP contribution in [0.2, 0.25) is 0 Å². The molecule has 2 N–H and O–H groups in total. The lowest BCUT2D eigenvalue weighted by atomic mass is 9.78. The molecule has 1 saturated carbocycles. The molecule has 0 aromatic heterocycles. The number of ether oxygens (including phenoxy) is 1. The average Bonchev–Trinajstić information content (AvgIpc) is 2.63. The summed E-state index contributed by atoms with van der Waals surface area (Å²) in [4.78, 5) is 11.8. The first-order valence-corrected chi connectivity index (χ1v) is 6.66. The van der Waals surface area contributed by atoms with Crippen molar-refractivity contribution in [3.8, 4) is 0 Å². The Labute approximate surface area is 116 Å². The molecule has 1 saturated heterocycles. The number of alkyl carbamates (subject to hydrolysis) is 1. The molecule has 1 heterocycles. The normalized spacial score (nSPS) is 31.2. The van der Waals surface area contributed by atoms with Gasteiger partial charge in [-0.2, -0.15) is 0 Å². The van der Waals surface area contributed by atoms with Crippen molar-refractivity contribution in [2.45, 2.75) is 51.7 Å². The Bertz CT molecular complexity index is 291. The van der Waals surface area contributed by atoms with Crippen molar-refractivity contribution in [2.24, 2.45) is 11.8 Å². The summed E-state index contributed by atoms with van der Waals surface area (Å²) in [6.45, 7) is 7.83. The van der Waals surface area contributed by atoms with Crippen LogP contribution in [0.5, 0.6) is 0 Å². The highest BCUT2D eigenvalue weighted by atomic mass is 35.5. The van der Waals surface area contributed by atoms with Crippen LogP contribution in [0.3, 0.4) is 0 Å². The number of halogens is 1. The monoisotopic (exact) mass is 276 g/mol. The van der Waals surface area contributed by atoms with Gasteiger partial charge in [0.25, 0.3) is 0 Å². The summed E-state index contributed by atoms with van der Waals surface area (Å²) >= 11 is 0. The first-order valence-electron chi connectivity index (χ1n) is 6.66. The summed E-state index contributed by atoms with van der Waals surface area (Å²) in [7, 11) is 0. The Balaban J connectivity index is 0.00000162. The molecule has 0 aromatic carbocycles. The zero-order valence-electron chi connectivity index (χ0n) is 11.5. The molecule has 106 valence electrons. The maximum Gasteiger partial charge on any atom is 0.407 e. The molecule has 18 heavy (non-hydrogen) atoms. The minimum atomic E-state index is -0.411. The fourth-order valence-electron chi connectivity index (χ4n) is 2.99. The van der Waals surface area contributed by atoms with Crippen LogP contribution in [0.1, 0.15) is 40.0 Å². The summed E-state index contributed by atoms with van der Waals surface area (Å²) in [6, 6.07) is 0.290. The van der Waals surface area contributed by atoms with Crippen molar-refractivity contribution in [3.05, 3.63) is 0 Å². The largest absolute Gasteiger partial charge is 0.444 e. The molecule has 0 spiro atoms. The molecule has 1 aliphatic heterocycles. The lowest BCUT2D eigenvalue weighted by Gasteiger charge is -2.34. The van der Waals surface area contributed by atoms with Crippen molar-refractivity contribution >= 4 is 18.5 Å². The van der Waals surface area contributed by atoms with E-state index in [1.807, 2.05) is 20.8 Å². The van der Waals surface area contributed by atoms with Crippen molar-refractivity contribution in [3.63, 3.8) is 0 Å². The molecule has 1 aliphatic carbocycles. The molecule has 0 unspecified atom stereocenters. The molecule has 4 nitrogen and oxygen atoms in total. The first-order chi connectivity index (χ1) is 7.96. The summed E-state index contributed by atoms with van der Waals surface area (Å²) in [5, 5.41) is 6.47. The Hall–Kier alpha value is -0.480. The SMILES string of the molecule is CC(C)(C)OC(=O)N[C@H]1CCC[C@@H]2CNC[C@@H]21.Cl. The molecular weight excluding hydrogens is 252 g/mol. The van der Waals surface area contributed by atoms with Gasteiger partial charge in [0, 0.05) is 12.6 Å². The predicted molar refractivity (Wildman–Crippen MR) is 74.1 cm³/mol. The maximum atomic E-state index is 11.8. The smallest absolute Gasteiger partial charge is 0.407 e. The van der Waals surface area contributed by atoms with Gasteiger partial charge in [0.15, 0.2) is 0 Å². The standard InChI is InChI=1S/C13H24N2O2.ClH/c1-13(2,3)17-12(16)15-11-6-4-5-9-7-14-8-10(9)11;/h9-11,14H,4-8H2,1-3H3,(H,15,16);1H/t9-,10+,11+;/m1./s1. The minimum Gasteiger partial charge on any atom is -0.444 e. The van der Waals surface area contributed by atoms with Crippen LogP contribution < -0.4 is 10.6 Å². The maximum absolute atomic E-state index is 11.8. The second-order valence-corrected chi connectivity index (χ2v) is 6.27. The zero-order valence-corrected chi connectivity index (χ0v) is 12.3. The minimum absolute atomic E-state index is 0. The van der Waals surface area contributed by atoms with Gasteiger partial charge in [-0.3, -0.25) is 0 Å². The fraction of sp³-hybridized carbons (Fsp3) is 0.923. The molecule has 1 amide bonds. The zero-order chi connectivity index (χ0) is 12.5. The van der Waals surface area contributed by atoms with E-state index >= 15 is 0 Å². The van der Waals surface area contributed by atoms with E-state index in [4.69, 9.17) is 4.74 Å². The summed E-state index contributed by atoms with van der Waals surface area (Å²) < 4.78 is 5.32. The van der Waals surface area contributed by atoms with Crippen LogP contribution in [-0.2, 0) is 4.74 Å². The lowest BCUT2D eigenvalue weighted by molar-refractivity contribution is 0.0461.